The molecule has 0 unspecified atom stereocenters. The Balaban J connectivity index is 3.18. The van der Waals surface area contributed by atoms with Gasteiger partial charge in [-0.25, -0.2) is 0 Å². The van der Waals surface area contributed by atoms with Crippen molar-refractivity contribution in [3.63, 3.8) is 0 Å². The van der Waals surface area contributed by atoms with Gasteiger partial charge in [-0.1, -0.05) is 23.8 Å². The van der Waals surface area contributed by atoms with Crippen molar-refractivity contribution in [2.24, 2.45) is 11.5 Å². The molecule has 0 saturated carbocycles. The van der Waals surface area contributed by atoms with Crippen molar-refractivity contribution >= 4 is 5.70 Å². The van der Waals surface area contributed by atoms with Gasteiger partial charge in [-0.15, -0.1) is 0 Å². The van der Waals surface area contributed by atoms with Crippen LogP contribution in [0, 0.1) is 13.8 Å². The lowest BCUT2D eigenvalue weighted by molar-refractivity contribution is 1.33. The molecule has 0 saturated heterocycles. The molecular weight excluding hydrogens is 148 g/mol. The second-order valence-electron chi connectivity index (χ2n) is 2.94. The second kappa shape index (κ2) is 3.30. The van der Waals surface area contributed by atoms with E-state index in [1.165, 1.54) is 11.8 Å². The van der Waals surface area contributed by atoms with Gasteiger partial charge in [0.1, 0.15) is 0 Å². The summed E-state index contributed by atoms with van der Waals surface area (Å²) in [7, 11) is 0. The summed E-state index contributed by atoms with van der Waals surface area (Å²) in [5.74, 6) is 0. The maximum atomic E-state index is 5.68. The van der Waals surface area contributed by atoms with Crippen LogP contribution < -0.4 is 11.5 Å². The molecule has 4 N–H and O–H groups in total. The molecule has 0 spiro atoms. The molecule has 64 valence electrons. The van der Waals surface area contributed by atoms with Crippen molar-refractivity contribution in [1.82, 2.24) is 0 Å². The quantitative estimate of drug-likeness (QED) is 0.657. The summed E-state index contributed by atoms with van der Waals surface area (Å²) in [4.78, 5) is 0. The van der Waals surface area contributed by atoms with Gasteiger partial charge in [0, 0.05) is 11.8 Å². The topological polar surface area (TPSA) is 52.0 Å². The van der Waals surface area contributed by atoms with Crippen LogP contribution >= 0.6 is 0 Å². The van der Waals surface area contributed by atoms with Crippen molar-refractivity contribution in [3.05, 3.63) is 41.1 Å². The average molecular weight is 162 g/mol. The zero-order valence-electron chi connectivity index (χ0n) is 7.46. The molecule has 0 amide bonds. The molecule has 0 atom stereocenters. The summed E-state index contributed by atoms with van der Waals surface area (Å²) >= 11 is 0. The summed E-state index contributed by atoms with van der Waals surface area (Å²) in [6.45, 7) is 4.08. The van der Waals surface area contributed by atoms with E-state index in [1.54, 1.807) is 0 Å². The first-order chi connectivity index (χ1) is 5.65. The molecule has 0 fully saturated rings. The molecule has 0 aromatic heterocycles. The zero-order valence-corrected chi connectivity index (χ0v) is 7.46. The van der Waals surface area contributed by atoms with Crippen LogP contribution in [0.3, 0.4) is 0 Å². The number of benzene rings is 1. The highest BCUT2D eigenvalue weighted by Crippen LogP contribution is 2.15. The molecule has 0 bridgehead atoms. The minimum Gasteiger partial charge on any atom is -0.403 e. The lowest BCUT2D eigenvalue weighted by Gasteiger charge is -2.05. The zero-order chi connectivity index (χ0) is 9.14. The normalized spacial score (nSPS) is 11.7. The van der Waals surface area contributed by atoms with Crippen LogP contribution in [0.15, 0.2) is 24.4 Å². The summed E-state index contributed by atoms with van der Waals surface area (Å²) in [5.41, 5.74) is 15.1. The molecule has 0 aliphatic rings. The highest BCUT2D eigenvalue weighted by Gasteiger charge is 1.99. The van der Waals surface area contributed by atoms with Gasteiger partial charge in [0.2, 0.25) is 0 Å². The maximum absolute atomic E-state index is 5.68. The molecular formula is C10H14N2. The Labute approximate surface area is 72.9 Å². The Morgan fingerprint density at radius 1 is 1.33 bits per heavy atom. The van der Waals surface area contributed by atoms with Crippen LogP contribution in [-0.4, -0.2) is 0 Å². The largest absolute Gasteiger partial charge is 0.403 e. The number of rotatable bonds is 1. The monoisotopic (exact) mass is 162 g/mol. The molecule has 0 radical (unpaired) electrons. The van der Waals surface area contributed by atoms with Crippen LogP contribution in [0.2, 0.25) is 0 Å². The van der Waals surface area contributed by atoms with Gasteiger partial charge in [-0.3, -0.25) is 0 Å². The van der Waals surface area contributed by atoms with Crippen LogP contribution in [0.1, 0.15) is 16.7 Å². The SMILES string of the molecule is Cc1ccc(/C(N)=C/N)c(C)c1. The second-order valence-corrected chi connectivity index (χ2v) is 2.94. The number of hydrogen-bond donors (Lipinski definition) is 2. The average Bonchev–Trinajstić information content (AvgIpc) is 2.03. The van der Waals surface area contributed by atoms with Crippen molar-refractivity contribution < 1.29 is 0 Å². The fraction of sp³-hybridized carbons (Fsp3) is 0.200. The van der Waals surface area contributed by atoms with E-state index in [1.807, 2.05) is 19.1 Å². The predicted molar refractivity (Wildman–Crippen MR) is 52.3 cm³/mol. The van der Waals surface area contributed by atoms with Crippen molar-refractivity contribution in [1.29, 1.82) is 0 Å². The first-order valence-electron chi connectivity index (χ1n) is 3.90. The summed E-state index contributed by atoms with van der Waals surface area (Å²) in [6, 6.07) is 6.10. The third-order valence-electron chi connectivity index (χ3n) is 1.87. The maximum Gasteiger partial charge on any atom is 0.0547 e. The van der Waals surface area contributed by atoms with Crippen molar-refractivity contribution in [3.8, 4) is 0 Å². The third kappa shape index (κ3) is 1.59. The van der Waals surface area contributed by atoms with E-state index in [4.69, 9.17) is 11.5 Å². The van der Waals surface area contributed by atoms with Crippen LogP contribution in [-0.2, 0) is 0 Å². The van der Waals surface area contributed by atoms with Crippen molar-refractivity contribution in [2.75, 3.05) is 0 Å². The molecule has 1 aromatic carbocycles. The smallest absolute Gasteiger partial charge is 0.0547 e. The summed E-state index contributed by atoms with van der Waals surface area (Å²) < 4.78 is 0. The molecule has 0 heterocycles. The minimum atomic E-state index is 0.632. The van der Waals surface area contributed by atoms with E-state index in [2.05, 4.69) is 13.0 Å². The molecule has 1 aromatic rings. The van der Waals surface area contributed by atoms with Gasteiger partial charge in [0.15, 0.2) is 0 Å². The molecule has 0 aliphatic carbocycles. The fourth-order valence-corrected chi connectivity index (χ4v) is 1.23. The Bertz CT molecular complexity index is 314. The van der Waals surface area contributed by atoms with Gasteiger partial charge in [0.05, 0.1) is 5.70 Å². The Hall–Kier alpha value is -1.44. The van der Waals surface area contributed by atoms with Gasteiger partial charge in [-0.2, -0.15) is 0 Å². The predicted octanol–water partition coefficient (Wildman–Crippen LogP) is 1.52. The minimum absolute atomic E-state index is 0.632. The number of nitrogens with two attached hydrogens (primary N) is 2. The van der Waals surface area contributed by atoms with E-state index in [0.717, 1.165) is 11.1 Å². The van der Waals surface area contributed by atoms with E-state index >= 15 is 0 Å². The Morgan fingerprint density at radius 3 is 2.50 bits per heavy atom. The third-order valence-corrected chi connectivity index (χ3v) is 1.87. The number of hydrogen-bond acceptors (Lipinski definition) is 2. The van der Waals surface area contributed by atoms with Crippen LogP contribution in [0.5, 0.6) is 0 Å². The molecule has 0 aliphatic heterocycles. The first kappa shape index (κ1) is 8.65. The standard InChI is InChI=1S/C10H14N2/c1-7-3-4-9(8(2)5-7)10(12)6-11/h3-6H,11-12H2,1-2H3/b10-6-. The number of aryl methyl sites for hydroxylation is 2. The highest BCUT2D eigenvalue weighted by molar-refractivity contribution is 5.65. The van der Waals surface area contributed by atoms with Crippen LogP contribution in [0.25, 0.3) is 5.70 Å². The summed E-state index contributed by atoms with van der Waals surface area (Å²) in [5, 5.41) is 0. The van der Waals surface area contributed by atoms with Gasteiger partial charge in [0.25, 0.3) is 0 Å². The van der Waals surface area contributed by atoms with E-state index in [9.17, 15) is 0 Å². The van der Waals surface area contributed by atoms with Crippen LogP contribution in [0.4, 0.5) is 0 Å². The fourth-order valence-electron chi connectivity index (χ4n) is 1.23. The Kier molecular flexibility index (Phi) is 2.38. The molecule has 2 heteroatoms. The van der Waals surface area contributed by atoms with Gasteiger partial charge in [-0.05, 0) is 19.4 Å². The van der Waals surface area contributed by atoms with E-state index in [0.29, 0.717) is 5.70 Å². The molecule has 1 rings (SSSR count). The van der Waals surface area contributed by atoms with E-state index in [-0.39, 0.29) is 0 Å². The van der Waals surface area contributed by atoms with E-state index < -0.39 is 0 Å². The summed E-state index contributed by atoms with van der Waals surface area (Å²) in [6.07, 6.45) is 1.43. The Morgan fingerprint density at radius 2 is 2.00 bits per heavy atom. The van der Waals surface area contributed by atoms with Gasteiger partial charge >= 0.3 is 0 Å². The first-order valence-corrected chi connectivity index (χ1v) is 3.90. The lowest BCUT2D eigenvalue weighted by atomic mass is 10.0. The highest BCUT2D eigenvalue weighted by atomic mass is 14.6. The molecule has 12 heavy (non-hydrogen) atoms. The molecule has 2 nitrogen and oxygen atoms in total. The lowest BCUT2D eigenvalue weighted by Crippen LogP contribution is -2.01. The van der Waals surface area contributed by atoms with Crippen molar-refractivity contribution in [2.45, 2.75) is 13.8 Å². The van der Waals surface area contributed by atoms with Gasteiger partial charge < -0.3 is 11.5 Å².